The van der Waals surface area contributed by atoms with Gasteiger partial charge in [0.25, 0.3) is 5.69 Å². The van der Waals surface area contributed by atoms with Gasteiger partial charge in [0.15, 0.2) is 0 Å². The van der Waals surface area contributed by atoms with Crippen LogP contribution in [-0.2, 0) is 4.74 Å². The number of non-ortho nitro benzene ring substituents is 1. The molecule has 1 aromatic carbocycles. The number of ether oxygens (including phenoxy) is 1. The number of fused-ring (bicyclic) bond motifs is 5. The van der Waals surface area contributed by atoms with Crippen LogP contribution in [0.1, 0.15) is 23.3 Å². The van der Waals surface area contributed by atoms with E-state index in [1.54, 1.807) is 12.1 Å². The van der Waals surface area contributed by atoms with Crippen LogP contribution in [0.4, 0.5) is 5.69 Å². The van der Waals surface area contributed by atoms with Crippen LogP contribution in [-0.4, -0.2) is 4.92 Å². The fourth-order valence-electron chi connectivity index (χ4n) is 1.99. The average molecular weight is 189 g/mol. The Morgan fingerprint density at radius 2 is 1.93 bits per heavy atom. The Kier molecular flexibility index (Phi) is 1.33. The van der Waals surface area contributed by atoms with Crippen LogP contribution in [0.2, 0.25) is 0 Å². The van der Waals surface area contributed by atoms with Crippen molar-refractivity contribution in [1.82, 2.24) is 0 Å². The normalized spacial score (nSPS) is 26.6. The largest absolute Gasteiger partial charge is 0.357 e. The Bertz CT molecular complexity index is 453. The number of rotatable bonds is 1. The molecular formula is C10H7NO3. The summed E-state index contributed by atoms with van der Waals surface area (Å²) >= 11 is 0. The lowest BCUT2D eigenvalue weighted by molar-refractivity contribution is -0.384. The van der Waals surface area contributed by atoms with Crippen molar-refractivity contribution >= 4 is 5.69 Å². The Morgan fingerprint density at radius 1 is 1.21 bits per heavy atom. The van der Waals surface area contributed by atoms with E-state index in [9.17, 15) is 10.1 Å². The first-order valence-electron chi connectivity index (χ1n) is 4.38. The number of nitro benzene ring substituents is 1. The van der Waals surface area contributed by atoms with Gasteiger partial charge < -0.3 is 4.74 Å². The Hall–Kier alpha value is -1.68. The van der Waals surface area contributed by atoms with Crippen molar-refractivity contribution in [2.45, 2.75) is 12.2 Å². The van der Waals surface area contributed by atoms with Crippen molar-refractivity contribution in [3.05, 3.63) is 51.6 Å². The highest BCUT2D eigenvalue weighted by Gasteiger charge is 2.34. The summed E-state index contributed by atoms with van der Waals surface area (Å²) in [5.41, 5.74) is 2.13. The summed E-state index contributed by atoms with van der Waals surface area (Å²) in [5, 5.41) is 10.6. The quantitative estimate of drug-likeness (QED) is 0.387. The average Bonchev–Trinajstić information content (AvgIpc) is 2.77. The fraction of sp³-hybridized carbons (Fsp3) is 0.200. The smallest absolute Gasteiger partial charge is 0.269 e. The van der Waals surface area contributed by atoms with Gasteiger partial charge in [-0.1, -0.05) is 12.2 Å². The number of nitro groups is 1. The summed E-state index contributed by atoms with van der Waals surface area (Å²) in [5.74, 6) is 0. The van der Waals surface area contributed by atoms with E-state index in [0.29, 0.717) is 0 Å². The van der Waals surface area contributed by atoms with Crippen molar-refractivity contribution in [3.63, 3.8) is 0 Å². The lowest BCUT2D eigenvalue weighted by Gasteiger charge is -2.05. The first-order valence-corrected chi connectivity index (χ1v) is 4.38. The molecule has 0 amide bonds. The molecule has 3 rings (SSSR count). The molecule has 4 heteroatoms. The summed E-state index contributed by atoms with van der Waals surface area (Å²) in [4.78, 5) is 10.2. The first-order chi connectivity index (χ1) is 6.75. The topological polar surface area (TPSA) is 52.4 Å². The predicted octanol–water partition coefficient (Wildman–Crippen LogP) is 2.28. The molecule has 14 heavy (non-hydrogen) atoms. The van der Waals surface area contributed by atoms with E-state index in [1.807, 2.05) is 12.2 Å². The Morgan fingerprint density at radius 3 is 2.64 bits per heavy atom. The molecule has 0 saturated heterocycles. The molecule has 0 spiro atoms. The minimum absolute atomic E-state index is 0.0100. The highest BCUT2D eigenvalue weighted by atomic mass is 16.6. The van der Waals surface area contributed by atoms with Crippen LogP contribution in [0.3, 0.4) is 0 Å². The van der Waals surface area contributed by atoms with E-state index in [0.717, 1.165) is 11.1 Å². The molecule has 2 atom stereocenters. The van der Waals surface area contributed by atoms with E-state index in [-0.39, 0.29) is 22.8 Å². The molecule has 0 saturated carbocycles. The van der Waals surface area contributed by atoms with Gasteiger partial charge in [-0.25, -0.2) is 0 Å². The van der Waals surface area contributed by atoms with Crippen molar-refractivity contribution in [1.29, 1.82) is 0 Å². The van der Waals surface area contributed by atoms with Crippen LogP contribution in [0, 0.1) is 10.1 Å². The summed E-state index contributed by atoms with van der Waals surface area (Å²) < 4.78 is 5.54. The third-order valence-electron chi connectivity index (χ3n) is 2.65. The van der Waals surface area contributed by atoms with Crippen molar-refractivity contribution in [2.24, 2.45) is 0 Å². The van der Waals surface area contributed by atoms with Gasteiger partial charge >= 0.3 is 0 Å². The van der Waals surface area contributed by atoms with E-state index in [4.69, 9.17) is 4.74 Å². The van der Waals surface area contributed by atoms with E-state index < -0.39 is 0 Å². The molecule has 2 unspecified atom stereocenters. The summed E-state index contributed by atoms with van der Waals surface area (Å²) in [7, 11) is 0. The van der Waals surface area contributed by atoms with Crippen molar-refractivity contribution < 1.29 is 9.66 Å². The summed E-state index contributed by atoms with van der Waals surface area (Å²) in [6.45, 7) is 0. The SMILES string of the molecule is O=[N+]([O-])c1ccc2c(c1)C1C=CC2O1. The number of hydrogen-bond acceptors (Lipinski definition) is 3. The molecule has 2 bridgehead atoms. The van der Waals surface area contributed by atoms with E-state index in [2.05, 4.69) is 0 Å². The summed E-state index contributed by atoms with van der Waals surface area (Å²) in [6, 6.07) is 4.90. The predicted molar refractivity (Wildman–Crippen MR) is 48.8 cm³/mol. The van der Waals surface area contributed by atoms with Crippen molar-refractivity contribution in [3.8, 4) is 0 Å². The first kappa shape index (κ1) is 7.70. The fourth-order valence-corrected chi connectivity index (χ4v) is 1.99. The third-order valence-corrected chi connectivity index (χ3v) is 2.65. The molecule has 0 radical (unpaired) electrons. The number of benzene rings is 1. The molecule has 70 valence electrons. The lowest BCUT2D eigenvalue weighted by atomic mass is 9.96. The maximum atomic E-state index is 10.6. The van der Waals surface area contributed by atoms with Gasteiger partial charge in [-0.15, -0.1) is 0 Å². The monoisotopic (exact) mass is 189 g/mol. The second kappa shape index (κ2) is 2.42. The molecule has 0 N–H and O–H groups in total. The van der Waals surface area contributed by atoms with Gasteiger partial charge in [0.05, 0.1) is 4.92 Å². The Labute approximate surface area is 80.0 Å². The minimum atomic E-state index is -0.379. The third kappa shape index (κ3) is 0.858. The van der Waals surface area contributed by atoms with Crippen LogP contribution in [0.5, 0.6) is 0 Å². The molecular weight excluding hydrogens is 182 g/mol. The standard InChI is InChI=1S/C10H7NO3/c12-11(13)6-1-2-7-8(5-6)10-4-3-9(7)14-10/h1-5,9-10H. The minimum Gasteiger partial charge on any atom is -0.357 e. The molecule has 2 aliphatic heterocycles. The van der Waals surface area contributed by atoms with Crippen LogP contribution in [0.15, 0.2) is 30.4 Å². The lowest BCUT2D eigenvalue weighted by Crippen LogP contribution is -1.95. The van der Waals surface area contributed by atoms with Gasteiger partial charge in [-0.05, 0) is 17.2 Å². The Balaban J connectivity index is 2.15. The van der Waals surface area contributed by atoms with Gasteiger partial charge in [-0.2, -0.15) is 0 Å². The number of nitrogens with zero attached hydrogens (tertiary/aromatic N) is 1. The second-order valence-corrected chi connectivity index (χ2v) is 3.43. The summed E-state index contributed by atoms with van der Waals surface area (Å²) in [6.07, 6.45) is 3.86. The zero-order chi connectivity index (χ0) is 9.71. The van der Waals surface area contributed by atoms with Crippen molar-refractivity contribution in [2.75, 3.05) is 0 Å². The molecule has 1 aromatic rings. The highest BCUT2D eigenvalue weighted by Crippen LogP contribution is 2.46. The highest BCUT2D eigenvalue weighted by molar-refractivity contribution is 5.49. The maximum absolute atomic E-state index is 10.6. The maximum Gasteiger partial charge on any atom is 0.269 e. The van der Waals surface area contributed by atoms with Crippen LogP contribution < -0.4 is 0 Å². The molecule has 2 aliphatic rings. The molecule has 0 aliphatic carbocycles. The zero-order valence-electron chi connectivity index (χ0n) is 7.21. The molecule has 0 aromatic heterocycles. The molecule has 0 fully saturated rings. The second-order valence-electron chi connectivity index (χ2n) is 3.43. The van der Waals surface area contributed by atoms with Gasteiger partial charge in [0.2, 0.25) is 0 Å². The molecule has 2 heterocycles. The van der Waals surface area contributed by atoms with Crippen LogP contribution >= 0.6 is 0 Å². The zero-order valence-corrected chi connectivity index (χ0v) is 7.21. The number of hydrogen-bond donors (Lipinski definition) is 0. The van der Waals surface area contributed by atoms with Gasteiger partial charge in [-0.3, -0.25) is 10.1 Å². The van der Waals surface area contributed by atoms with Gasteiger partial charge in [0, 0.05) is 12.1 Å². The van der Waals surface area contributed by atoms with Gasteiger partial charge in [0.1, 0.15) is 12.2 Å². The van der Waals surface area contributed by atoms with E-state index >= 15 is 0 Å². The molecule has 4 nitrogen and oxygen atoms in total. The van der Waals surface area contributed by atoms with E-state index in [1.165, 1.54) is 6.07 Å². The van der Waals surface area contributed by atoms with Crippen LogP contribution in [0.25, 0.3) is 0 Å².